The van der Waals surface area contributed by atoms with Gasteiger partial charge in [-0.15, -0.1) is 0 Å². The molecule has 0 aromatic rings. The van der Waals surface area contributed by atoms with Gasteiger partial charge in [-0.05, 0) is 12.5 Å². The molecule has 5 heteroatoms. The second kappa shape index (κ2) is 6.10. The fraction of sp³-hybridized carbons (Fsp3) is 0.727. The van der Waals surface area contributed by atoms with Gasteiger partial charge >= 0.3 is 0 Å². The van der Waals surface area contributed by atoms with Crippen LogP contribution in [0.3, 0.4) is 0 Å². The van der Waals surface area contributed by atoms with E-state index < -0.39 is 30.7 Å². The Morgan fingerprint density at radius 1 is 1.44 bits per heavy atom. The summed E-state index contributed by atoms with van der Waals surface area (Å²) in [5.74, 6) is -0.448. The highest BCUT2D eigenvalue weighted by molar-refractivity contribution is 6.00. The summed E-state index contributed by atoms with van der Waals surface area (Å²) >= 11 is 0. The molecule has 92 valence electrons. The number of ether oxygens (including phenoxy) is 1. The lowest BCUT2D eigenvalue weighted by atomic mass is 9.91. The maximum Gasteiger partial charge on any atom is 0.192 e. The average molecular weight is 230 g/mol. The molecule has 0 fully saturated rings. The summed E-state index contributed by atoms with van der Waals surface area (Å²) in [5, 5.41) is 28.0. The highest BCUT2D eigenvalue weighted by Gasteiger charge is 2.37. The summed E-state index contributed by atoms with van der Waals surface area (Å²) in [7, 11) is 0. The fourth-order valence-electron chi connectivity index (χ4n) is 1.56. The molecule has 0 bridgehead atoms. The van der Waals surface area contributed by atoms with Gasteiger partial charge in [-0.25, -0.2) is 0 Å². The Labute approximate surface area is 94.4 Å². The zero-order chi connectivity index (χ0) is 12.1. The molecule has 1 aliphatic carbocycles. The van der Waals surface area contributed by atoms with Crippen LogP contribution in [-0.2, 0) is 9.53 Å². The van der Waals surface area contributed by atoms with Gasteiger partial charge in [0.25, 0.3) is 0 Å². The van der Waals surface area contributed by atoms with E-state index in [1.165, 1.54) is 6.08 Å². The summed E-state index contributed by atoms with van der Waals surface area (Å²) in [4.78, 5) is 11.7. The van der Waals surface area contributed by atoms with E-state index in [2.05, 4.69) is 0 Å². The van der Waals surface area contributed by atoms with Crippen molar-refractivity contribution in [2.75, 3.05) is 13.2 Å². The van der Waals surface area contributed by atoms with Crippen LogP contribution < -0.4 is 0 Å². The zero-order valence-electron chi connectivity index (χ0n) is 9.30. The first-order valence-electron chi connectivity index (χ1n) is 5.45. The van der Waals surface area contributed by atoms with Crippen LogP contribution in [-0.4, -0.2) is 52.6 Å². The lowest BCUT2D eigenvalue weighted by Crippen LogP contribution is -2.48. The normalized spacial score (nSPS) is 30.4. The van der Waals surface area contributed by atoms with Crippen molar-refractivity contribution in [2.45, 2.75) is 38.1 Å². The first-order chi connectivity index (χ1) is 7.61. The minimum atomic E-state index is -1.25. The molecule has 0 heterocycles. The minimum Gasteiger partial charge on any atom is -0.392 e. The molecule has 3 N–H and O–H groups in total. The van der Waals surface area contributed by atoms with Crippen molar-refractivity contribution in [3.63, 3.8) is 0 Å². The number of carbonyl (C=O) groups is 1. The van der Waals surface area contributed by atoms with E-state index >= 15 is 0 Å². The highest BCUT2D eigenvalue weighted by Crippen LogP contribution is 2.19. The Morgan fingerprint density at radius 2 is 2.12 bits per heavy atom. The molecular formula is C11H18O5. The zero-order valence-corrected chi connectivity index (χ0v) is 9.30. The van der Waals surface area contributed by atoms with Gasteiger partial charge in [0, 0.05) is 12.2 Å². The van der Waals surface area contributed by atoms with Gasteiger partial charge in [-0.2, -0.15) is 0 Å². The number of rotatable bonds is 5. The van der Waals surface area contributed by atoms with Crippen LogP contribution in [0.1, 0.15) is 19.8 Å². The molecule has 0 radical (unpaired) electrons. The van der Waals surface area contributed by atoms with E-state index in [9.17, 15) is 15.0 Å². The van der Waals surface area contributed by atoms with Crippen LogP contribution >= 0.6 is 0 Å². The van der Waals surface area contributed by atoms with Crippen molar-refractivity contribution >= 4 is 5.78 Å². The smallest absolute Gasteiger partial charge is 0.192 e. The summed E-state index contributed by atoms with van der Waals surface area (Å²) in [6.07, 6.45) is -0.598. The Kier molecular flexibility index (Phi) is 5.08. The predicted octanol–water partition coefficient (Wildman–Crippen LogP) is -0.605. The largest absolute Gasteiger partial charge is 0.392 e. The highest BCUT2D eigenvalue weighted by atomic mass is 16.5. The van der Waals surface area contributed by atoms with Crippen molar-refractivity contribution in [2.24, 2.45) is 0 Å². The van der Waals surface area contributed by atoms with Crippen molar-refractivity contribution in [1.82, 2.24) is 0 Å². The Balaban J connectivity index is 2.68. The van der Waals surface area contributed by atoms with E-state index in [4.69, 9.17) is 9.84 Å². The summed E-state index contributed by atoms with van der Waals surface area (Å²) in [6, 6.07) is 0. The van der Waals surface area contributed by atoms with Crippen LogP contribution in [0, 0.1) is 0 Å². The van der Waals surface area contributed by atoms with E-state index in [0.717, 1.165) is 12.8 Å². The number of aliphatic hydroxyl groups excluding tert-OH is 3. The van der Waals surface area contributed by atoms with E-state index in [1.807, 2.05) is 6.92 Å². The molecule has 0 amide bonds. The average Bonchev–Trinajstić information content (AvgIpc) is 2.28. The first kappa shape index (κ1) is 13.3. The predicted molar refractivity (Wildman–Crippen MR) is 56.8 cm³/mol. The van der Waals surface area contributed by atoms with Crippen LogP contribution in [0.5, 0.6) is 0 Å². The molecular weight excluding hydrogens is 212 g/mol. The van der Waals surface area contributed by atoms with Crippen molar-refractivity contribution in [1.29, 1.82) is 0 Å². The Hall–Kier alpha value is -0.750. The van der Waals surface area contributed by atoms with Gasteiger partial charge in [0.1, 0.15) is 18.3 Å². The molecule has 1 aliphatic rings. The molecule has 0 aromatic heterocycles. The lowest BCUT2D eigenvalue weighted by Gasteiger charge is -2.29. The van der Waals surface area contributed by atoms with E-state index in [-0.39, 0.29) is 5.57 Å². The molecule has 16 heavy (non-hydrogen) atoms. The number of Topliss-reactive ketones (excluding diaryl/α,β-unsaturated/α-hetero) is 1. The second-order valence-corrected chi connectivity index (χ2v) is 3.84. The third kappa shape index (κ3) is 2.89. The van der Waals surface area contributed by atoms with Crippen LogP contribution in [0.15, 0.2) is 11.6 Å². The van der Waals surface area contributed by atoms with Crippen LogP contribution in [0.4, 0.5) is 0 Å². The first-order valence-corrected chi connectivity index (χ1v) is 5.45. The SMILES string of the molecule is CCCCO[C@@H]1C(=O)C(CO)=C[C@@H](O)[C@H]1O. The summed E-state index contributed by atoms with van der Waals surface area (Å²) < 4.78 is 5.24. The number of hydrogen-bond acceptors (Lipinski definition) is 5. The Bertz CT molecular complexity index is 274. The van der Waals surface area contributed by atoms with Crippen molar-refractivity contribution < 1.29 is 24.9 Å². The number of hydrogen-bond donors (Lipinski definition) is 3. The second-order valence-electron chi connectivity index (χ2n) is 3.84. The van der Waals surface area contributed by atoms with E-state index in [0.29, 0.717) is 6.61 Å². The fourth-order valence-corrected chi connectivity index (χ4v) is 1.56. The molecule has 0 unspecified atom stereocenters. The molecule has 1 rings (SSSR count). The molecule has 0 aromatic carbocycles. The number of aliphatic hydroxyl groups is 3. The molecule has 0 aliphatic heterocycles. The van der Waals surface area contributed by atoms with Crippen LogP contribution in [0.25, 0.3) is 0 Å². The standard InChI is InChI=1S/C11H18O5/c1-2-3-4-16-11-9(14)7(6-12)5-8(13)10(11)15/h5,8,10-13,15H,2-4,6H2,1H3/t8-,10-,11-/m1/s1. The number of ketones is 1. The number of unbranched alkanes of at least 4 members (excludes halogenated alkanes) is 1. The third-order valence-electron chi connectivity index (χ3n) is 2.57. The van der Waals surface area contributed by atoms with Gasteiger partial charge < -0.3 is 20.1 Å². The number of carbonyl (C=O) groups excluding carboxylic acids is 1. The van der Waals surface area contributed by atoms with Gasteiger partial charge in [0.2, 0.25) is 0 Å². The van der Waals surface area contributed by atoms with Gasteiger partial charge in [0.05, 0.1) is 6.61 Å². The summed E-state index contributed by atoms with van der Waals surface area (Å²) in [6.45, 7) is 1.89. The molecule has 5 nitrogen and oxygen atoms in total. The Morgan fingerprint density at radius 3 is 2.69 bits per heavy atom. The third-order valence-corrected chi connectivity index (χ3v) is 2.57. The summed E-state index contributed by atoms with van der Waals surface area (Å²) in [5.41, 5.74) is 0.0966. The van der Waals surface area contributed by atoms with Crippen LogP contribution in [0.2, 0.25) is 0 Å². The molecule has 0 saturated heterocycles. The van der Waals surface area contributed by atoms with Crippen molar-refractivity contribution in [3.05, 3.63) is 11.6 Å². The van der Waals surface area contributed by atoms with Crippen molar-refractivity contribution in [3.8, 4) is 0 Å². The lowest BCUT2D eigenvalue weighted by molar-refractivity contribution is -0.143. The molecule has 0 spiro atoms. The minimum absolute atomic E-state index is 0.0966. The molecule has 3 atom stereocenters. The van der Waals surface area contributed by atoms with E-state index in [1.54, 1.807) is 0 Å². The monoisotopic (exact) mass is 230 g/mol. The topological polar surface area (TPSA) is 87.0 Å². The van der Waals surface area contributed by atoms with Gasteiger partial charge in [-0.1, -0.05) is 13.3 Å². The van der Waals surface area contributed by atoms with Gasteiger partial charge in [-0.3, -0.25) is 4.79 Å². The maximum absolute atomic E-state index is 11.7. The molecule has 0 saturated carbocycles. The van der Waals surface area contributed by atoms with Gasteiger partial charge in [0.15, 0.2) is 5.78 Å². The maximum atomic E-state index is 11.7. The quantitative estimate of drug-likeness (QED) is 0.549.